The zero-order valence-electron chi connectivity index (χ0n) is 10.1. The molecule has 0 aromatic carbocycles. The van der Waals surface area contributed by atoms with Crippen LogP contribution in [0.2, 0.25) is 0 Å². The number of H-pyrrole nitrogens is 1. The number of primary amides is 1. The third kappa shape index (κ3) is 1.81. The second kappa shape index (κ2) is 4.33. The van der Waals surface area contributed by atoms with Crippen LogP contribution in [-0.2, 0) is 4.79 Å². The van der Waals surface area contributed by atoms with Gasteiger partial charge in [0.05, 0.1) is 0 Å². The Balaban J connectivity index is 1.84. The van der Waals surface area contributed by atoms with Crippen LogP contribution in [0.3, 0.4) is 0 Å². The van der Waals surface area contributed by atoms with Gasteiger partial charge in [-0.3, -0.25) is 4.79 Å². The van der Waals surface area contributed by atoms with Gasteiger partial charge in [-0.25, -0.2) is 4.98 Å². The summed E-state index contributed by atoms with van der Waals surface area (Å²) in [5, 5.41) is 1.13. The quantitative estimate of drug-likeness (QED) is 0.835. The standard InChI is InChI=1S/C13H16N4O/c14-12(18)9-3-7-17(8-4-9)11-2-6-16-13-10(11)1-5-15-13/h1-2,5-6,9H,3-4,7-8H2,(H2,14,18)(H,15,16). The van der Waals surface area contributed by atoms with Crippen molar-refractivity contribution in [2.45, 2.75) is 12.8 Å². The number of carbonyl (C=O) groups excluding carboxylic acids is 1. The highest BCUT2D eigenvalue weighted by Gasteiger charge is 2.24. The number of nitrogens with two attached hydrogens (primary N) is 1. The molecule has 3 N–H and O–H groups in total. The van der Waals surface area contributed by atoms with E-state index in [2.05, 4.69) is 14.9 Å². The summed E-state index contributed by atoms with van der Waals surface area (Å²) in [7, 11) is 0. The first kappa shape index (κ1) is 11.1. The number of carbonyl (C=O) groups is 1. The van der Waals surface area contributed by atoms with Crippen molar-refractivity contribution in [1.29, 1.82) is 0 Å². The first-order valence-corrected chi connectivity index (χ1v) is 6.22. The topological polar surface area (TPSA) is 75.0 Å². The number of aromatic nitrogens is 2. The molecule has 0 saturated carbocycles. The van der Waals surface area contributed by atoms with Gasteiger partial charge in [0, 0.05) is 42.5 Å². The van der Waals surface area contributed by atoms with Crippen molar-refractivity contribution in [3.8, 4) is 0 Å². The Morgan fingerprint density at radius 1 is 1.39 bits per heavy atom. The summed E-state index contributed by atoms with van der Waals surface area (Å²) in [4.78, 5) is 20.9. The fourth-order valence-electron chi connectivity index (χ4n) is 2.63. The summed E-state index contributed by atoms with van der Waals surface area (Å²) >= 11 is 0. The summed E-state index contributed by atoms with van der Waals surface area (Å²) in [6, 6.07) is 4.07. The van der Waals surface area contributed by atoms with Crippen molar-refractivity contribution in [3.05, 3.63) is 24.5 Å². The highest BCUT2D eigenvalue weighted by atomic mass is 16.1. The van der Waals surface area contributed by atoms with E-state index in [4.69, 9.17) is 5.73 Å². The minimum absolute atomic E-state index is 0.0322. The lowest BCUT2D eigenvalue weighted by Gasteiger charge is -2.32. The van der Waals surface area contributed by atoms with Crippen LogP contribution < -0.4 is 10.6 Å². The molecule has 0 atom stereocenters. The van der Waals surface area contributed by atoms with Gasteiger partial charge in [-0.2, -0.15) is 0 Å². The van der Waals surface area contributed by atoms with Crippen molar-refractivity contribution < 1.29 is 4.79 Å². The van der Waals surface area contributed by atoms with Gasteiger partial charge >= 0.3 is 0 Å². The van der Waals surface area contributed by atoms with E-state index in [1.807, 2.05) is 24.5 Å². The second-order valence-electron chi connectivity index (χ2n) is 4.73. The van der Waals surface area contributed by atoms with Crippen LogP contribution in [0.4, 0.5) is 5.69 Å². The van der Waals surface area contributed by atoms with Gasteiger partial charge in [-0.1, -0.05) is 0 Å². The number of anilines is 1. The highest BCUT2D eigenvalue weighted by molar-refractivity contribution is 5.89. The average Bonchev–Trinajstić information content (AvgIpc) is 2.87. The summed E-state index contributed by atoms with van der Waals surface area (Å²) in [5.74, 6) is -0.138. The van der Waals surface area contributed by atoms with Crippen LogP contribution in [0.15, 0.2) is 24.5 Å². The first-order valence-electron chi connectivity index (χ1n) is 6.22. The highest BCUT2D eigenvalue weighted by Crippen LogP contribution is 2.28. The fourth-order valence-corrected chi connectivity index (χ4v) is 2.63. The summed E-state index contributed by atoms with van der Waals surface area (Å²) in [5.41, 5.74) is 7.44. The molecule has 5 heteroatoms. The molecule has 1 aliphatic rings. The average molecular weight is 244 g/mol. The van der Waals surface area contributed by atoms with E-state index in [1.54, 1.807) is 0 Å². The number of fused-ring (bicyclic) bond motifs is 1. The lowest BCUT2D eigenvalue weighted by molar-refractivity contribution is -0.122. The molecule has 1 amide bonds. The Labute approximate surface area is 105 Å². The third-order valence-corrected chi connectivity index (χ3v) is 3.68. The van der Waals surface area contributed by atoms with Crippen molar-refractivity contribution in [2.24, 2.45) is 11.7 Å². The number of aromatic amines is 1. The maximum absolute atomic E-state index is 11.2. The predicted octanol–water partition coefficient (Wildman–Crippen LogP) is 1.26. The molecule has 1 fully saturated rings. The first-order chi connectivity index (χ1) is 8.75. The molecule has 3 rings (SSSR count). The Hall–Kier alpha value is -2.04. The Morgan fingerprint density at radius 3 is 2.89 bits per heavy atom. The van der Waals surface area contributed by atoms with Gasteiger partial charge in [0.1, 0.15) is 5.65 Å². The Kier molecular flexibility index (Phi) is 2.66. The number of nitrogens with zero attached hydrogens (tertiary/aromatic N) is 2. The number of pyridine rings is 1. The van der Waals surface area contributed by atoms with Crippen molar-refractivity contribution in [2.75, 3.05) is 18.0 Å². The molecule has 18 heavy (non-hydrogen) atoms. The zero-order chi connectivity index (χ0) is 12.5. The zero-order valence-corrected chi connectivity index (χ0v) is 10.1. The molecule has 0 bridgehead atoms. The van der Waals surface area contributed by atoms with Crippen LogP contribution in [0.5, 0.6) is 0 Å². The van der Waals surface area contributed by atoms with Gasteiger partial charge < -0.3 is 15.6 Å². The predicted molar refractivity (Wildman–Crippen MR) is 70.2 cm³/mol. The largest absolute Gasteiger partial charge is 0.371 e. The van der Waals surface area contributed by atoms with Gasteiger partial charge in [0.2, 0.25) is 5.91 Å². The normalized spacial score (nSPS) is 17.2. The smallest absolute Gasteiger partial charge is 0.220 e. The number of hydrogen-bond acceptors (Lipinski definition) is 3. The number of piperidine rings is 1. The second-order valence-corrected chi connectivity index (χ2v) is 4.73. The Morgan fingerprint density at radius 2 is 2.17 bits per heavy atom. The van der Waals surface area contributed by atoms with Gasteiger partial charge in [0.15, 0.2) is 0 Å². The monoisotopic (exact) mass is 244 g/mol. The summed E-state index contributed by atoms with van der Waals surface area (Å²) in [6.07, 6.45) is 5.39. The minimum atomic E-state index is -0.170. The molecule has 0 aliphatic carbocycles. The molecule has 0 radical (unpaired) electrons. The maximum Gasteiger partial charge on any atom is 0.220 e. The summed E-state index contributed by atoms with van der Waals surface area (Å²) in [6.45, 7) is 1.75. The molecule has 1 aliphatic heterocycles. The fraction of sp³-hybridized carbons (Fsp3) is 0.385. The SMILES string of the molecule is NC(=O)C1CCN(c2ccnc3[nH]ccc23)CC1. The molecule has 3 heterocycles. The van der Waals surface area contributed by atoms with E-state index >= 15 is 0 Å². The van der Waals surface area contributed by atoms with Crippen molar-refractivity contribution in [3.63, 3.8) is 0 Å². The Bertz CT molecular complexity index is 569. The molecule has 5 nitrogen and oxygen atoms in total. The molecule has 0 unspecified atom stereocenters. The molecular formula is C13H16N4O. The number of nitrogens with one attached hydrogen (secondary N) is 1. The molecule has 2 aromatic heterocycles. The van der Waals surface area contributed by atoms with Gasteiger partial charge in [-0.15, -0.1) is 0 Å². The number of hydrogen-bond donors (Lipinski definition) is 2. The van der Waals surface area contributed by atoms with Crippen LogP contribution in [-0.4, -0.2) is 29.0 Å². The van der Waals surface area contributed by atoms with Crippen LogP contribution in [0.1, 0.15) is 12.8 Å². The number of amides is 1. The lowest BCUT2D eigenvalue weighted by Crippen LogP contribution is -2.38. The third-order valence-electron chi connectivity index (χ3n) is 3.68. The van der Waals surface area contributed by atoms with Crippen LogP contribution >= 0.6 is 0 Å². The van der Waals surface area contributed by atoms with E-state index < -0.39 is 0 Å². The van der Waals surface area contributed by atoms with E-state index in [0.717, 1.165) is 37.0 Å². The van der Waals surface area contributed by atoms with E-state index in [9.17, 15) is 4.79 Å². The van der Waals surface area contributed by atoms with Gasteiger partial charge in [0.25, 0.3) is 0 Å². The van der Waals surface area contributed by atoms with E-state index in [-0.39, 0.29) is 11.8 Å². The number of rotatable bonds is 2. The summed E-state index contributed by atoms with van der Waals surface area (Å²) < 4.78 is 0. The van der Waals surface area contributed by atoms with Crippen molar-refractivity contribution in [1.82, 2.24) is 9.97 Å². The molecule has 94 valence electrons. The molecule has 1 saturated heterocycles. The maximum atomic E-state index is 11.2. The van der Waals surface area contributed by atoms with E-state index in [1.165, 1.54) is 5.69 Å². The van der Waals surface area contributed by atoms with Crippen molar-refractivity contribution >= 4 is 22.6 Å². The lowest BCUT2D eigenvalue weighted by atomic mass is 9.96. The molecular weight excluding hydrogens is 228 g/mol. The van der Waals surface area contributed by atoms with E-state index in [0.29, 0.717) is 0 Å². The van der Waals surface area contributed by atoms with Gasteiger partial charge in [-0.05, 0) is 25.0 Å². The molecule has 0 spiro atoms. The molecule has 2 aromatic rings. The minimum Gasteiger partial charge on any atom is -0.371 e. The van der Waals surface area contributed by atoms with Crippen LogP contribution in [0.25, 0.3) is 11.0 Å². The van der Waals surface area contributed by atoms with Crippen LogP contribution in [0, 0.1) is 5.92 Å².